The number of anilines is 2. The molecular weight excluding hydrogens is 252 g/mol. The number of thiazole rings is 1. The molecule has 3 heteroatoms. The Hall–Kier alpha value is -1.87. The molecule has 1 aromatic heterocycles. The predicted octanol–water partition coefficient (Wildman–Crippen LogP) is 5.16. The van der Waals surface area contributed by atoms with Gasteiger partial charge in [-0.25, -0.2) is 4.98 Å². The van der Waals surface area contributed by atoms with Crippen LogP contribution in [0.2, 0.25) is 0 Å². The molecule has 1 heterocycles. The Bertz CT molecular complexity index is 650. The van der Waals surface area contributed by atoms with E-state index in [2.05, 4.69) is 54.5 Å². The van der Waals surface area contributed by atoms with Crippen LogP contribution in [-0.4, -0.2) is 4.98 Å². The Kier molecular flexibility index (Phi) is 3.22. The highest BCUT2D eigenvalue weighted by Gasteiger charge is 2.04. The molecule has 0 aliphatic carbocycles. The number of hydrogen-bond acceptors (Lipinski definition) is 3. The summed E-state index contributed by atoms with van der Waals surface area (Å²) in [5.41, 5.74) is 3.49. The van der Waals surface area contributed by atoms with E-state index in [1.807, 2.05) is 18.2 Å². The molecule has 0 amide bonds. The summed E-state index contributed by atoms with van der Waals surface area (Å²) in [6.45, 7) is 4.41. The van der Waals surface area contributed by atoms with Crippen molar-refractivity contribution in [2.45, 2.75) is 19.8 Å². The van der Waals surface area contributed by atoms with E-state index in [4.69, 9.17) is 0 Å². The van der Waals surface area contributed by atoms with Crippen LogP contribution in [0.5, 0.6) is 0 Å². The molecule has 0 spiro atoms. The minimum absolute atomic E-state index is 0.566. The quantitative estimate of drug-likeness (QED) is 0.709. The summed E-state index contributed by atoms with van der Waals surface area (Å²) in [4.78, 5) is 4.57. The SMILES string of the molecule is CC(C)c1ccc(Nc2nc3ccccc3s2)cc1. The third kappa shape index (κ3) is 2.61. The van der Waals surface area contributed by atoms with E-state index >= 15 is 0 Å². The minimum Gasteiger partial charge on any atom is -0.332 e. The van der Waals surface area contributed by atoms with Crippen LogP contribution in [0.3, 0.4) is 0 Å². The van der Waals surface area contributed by atoms with Crippen molar-refractivity contribution in [1.82, 2.24) is 4.98 Å². The lowest BCUT2D eigenvalue weighted by molar-refractivity contribution is 0.867. The first-order valence-corrected chi connectivity index (χ1v) is 7.26. The lowest BCUT2D eigenvalue weighted by Gasteiger charge is -2.07. The highest BCUT2D eigenvalue weighted by Crippen LogP contribution is 2.28. The molecule has 0 saturated heterocycles. The normalized spacial score (nSPS) is 11.1. The van der Waals surface area contributed by atoms with Crippen LogP contribution in [0.25, 0.3) is 10.2 Å². The summed E-state index contributed by atoms with van der Waals surface area (Å²) in [5.74, 6) is 0.566. The molecule has 2 nitrogen and oxygen atoms in total. The highest BCUT2D eigenvalue weighted by molar-refractivity contribution is 7.22. The first-order chi connectivity index (χ1) is 9.22. The van der Waals surface area contributed by atoms with Crippen LogP contribution >= 0.6 is 11.3 Å². The average molecular weight is 268 g/mol. The maximum Gasteiger partial charge on any atom is 0.188 e. The van der Waals surface area contributed by atoms with Crippen molar-refractivity contribution in [2.75, 3.05) is 5.32 Å². The van der Waals surface area contributed by atoms with Gasteiger partial charge in [-0.05, 0) is 35.7 Å². The van der Waals surface area contributed by atoms with Crippen molar-refractivity contribution in [1.29, 1.82) is 0 Å². The number of fused-ring (bicyclic) bond motifs is 1. The third-order valence-corrected chi connectivity index (χ3v) is 4.07. The van der Waals surface area contributed by atoms with Crippen molar-refractivity contribution >= 4 is 32.4 Å². The number of nitrogens with one attached hydrogen (secondary N) is 1. The fourth-order valence-electron chi connectivity index (χ4n) is 2.00. The lowest BCUT2D eigenvalue weighted by Crippen LogP contribution is -1.91. The van der Waals surface area contributed by atoms with E-state index < -0.39 is 0 Å². The molecule has 0 fully saturated rings. The van der Waals surface area contributed by atoms with Gasteiger partial charge in [-0.15, -0.1) is 0 Å². The molecule has 0 radical (unpaired) electrons. The summed E-state index contributed by atoms with van der Waals surface area (Å²) < 4.78 is 1.21. The zero-order valence-corrected chi connectivity index (χ0v) is 11.9. The van der Waals surface area contributed by atoms with Crippen molar-refractivity contribution < 1.29 is 0 Å². The molecule has 3 rings (SSSR count). The molecule has 19 heavy (non-hydrogen) atoms. The monoisotopic (exact) mass is 268 g/mol. The van der Waals surface area contributed by atoms with Crippen LogP contribution in [-0.2, 0) is 0 Å². The highest BCUT2D eigenvalue weighted by atomic mass is 32.1. The van der Waals surface area contributed by atoms with Gasteiger partial charge >= 0.3 is 0 Å². The van der Waals surface area contributed by atoms with Crippen molar-refractivity contribution in [3.05, 3.63) is 54.1 Å². The van der Waals surface area contributed by atoms with Gasteiger partial charge < -0.3 is 5.32 Å². The average Bonchev–Trinajstić information content (AvgIpc) is 2.81. The van der Waals surface area contributed by atoms with Gasteiger partial charge in [0.05, 0.1) is 10.2 Å². The maximum atomic E-state index is 4.57. The summed E-state index contributed by atoms with van der Waals surface area (Å²) in [5, 5.41) is 4.31. The summed E-state index contributed by atoms with van der Waals surface area (Å²) in [7, 11) is 0. The number of nitrogens with zero attached hydrogens (tertiary/aromatic N) is 1. The van der Waals surface area contributed by atoms with E-state index in [9.17, 15) is 0 Å². The van der Waals surface area contributed by atoms with Crippen LogP contribution < -0.4 is 5.32 Å². The second-order valence-electron chi connectivity index (χ2n) is 4.89. The number of rotatable bonds is 3. The molecule has 0 unspecified atom stereocenters. The zero-order chi connectivity index (χ0) is 13.2. The van der Waals surface area contributed by atoms with Gasteiger partial charge in [0.15, 0.2) is 5.13 Å². The minimum atomic E-state index is 0.566. The summed E-state index contributed by atoms with van der Waals surface area (Å²) >= 11 is 1.68. The second kappa shape index (κ2) is 5.02. The topological polar surface area (TPSA) is 24.9 Å². The Morgan fingerprint density at radius 1 is 1.00 bits per heavy atom. The molecular formula is C16H16N2S. The van der Waals surface area contributed by atoms with E-state index in [-0.39, 0.29) is 0 Å². The predicted molar refractivity (Wildman–Crippen MR) is 83.4 cm³/mol. The summed E-state index contributed by atoms with van der Waals surface area (Å²) in [6, 6.07) is 16.8. The fraction of sp³-hybridized carbons (Fsp3) is 0.188. The van der Waals surface area contributed by atoms with Crippen LogP contribution in [0.15, 0.2) is 48.5 Å². The maximum absolute atomic E-state index is 4.57. The van der Waals surface area contributed by atoms with Gasteiger partial charge in [0, 0.05) is 5.69 Å². The zero-order valence-electron chi connectivity index (χ0n) is 11.1. The Labute approximate surface area is 117 Å². The molecule has 0 saturated carbocycles. The van der Waals surface area contributed by atoms with Gasteiger partial charge in [0.25, 0.3) is 0 Å². The third-order valence-electron chi connectivity index (χ3n) is 3.12. The Morgan fingerprint density at radius 3 is 2.42 bits per heavy atom. The van der Waals surface area contributed by atoms with Gasteiger partial charge in [0.1, 0.15) is 0 Å². The van der Waals surface area contributed by atoms with Crippen molar-refractivity contribution in [3.63, 3.8) is 0 Å². The van der Waals surface area contributed by atoms with Gasteiger partial charge in [-0.3, -0.25) is 0 Å². The molecule has 0 aliphatic rings. The van der Waals surface area contributed by atoms with E-state index in [1.165, 1.54) is 10.3 Å². The molecule has 0 atom stereocenters. The molecule has 3 aromatic rings. The van der Waals surface area contributed by atoms with Gasteiger partial charge in [-0.2, -0.15) is 0 Å². The van der Waals surface area contributed by atoms with E-state index in [1.54, 1.807) is 11.3 Å². The molecule has 0 bridgehead atoms. The summed E-state index contributed by atoms with van der Waals surface area (Å²) in [6.07, 6.45) is 0. The van der Waals surface area contributed by atoms with Crippen LogP contribution in [0, 0.1) is 0 Å². The molecule has 2 aromatic carbocycles. The standard InChI is InChI=1S/C16H16N2S/c1-11(2)12-7-9-13(10-8-12)17-16-18-14-5-3-4-6-15(14)19-16/h3-11H,1-2H3,(H,17,18). The van der Waals surface area contributed by atoms with Crippen LogP contribution in [0.1, 0.15) is 25.3 Å². The largest absolute Gasteiger partial charge is 0.332 e. The smallest absolute Gasteiger partial charge is 0.188 e. The van der Waals surface area contributed by atoms with E-state index in [0.717, 1.165) is 16.3 Å². The second-order valence-corrected chi connectivity index (χ2v) is 5.92. The molecule has 0 aliphatic heterocycles. The Morgan fingerprint density at radius 2 is 1.74 bits per heavy atom. The first kappa shape index (κ1) is 12.2. The van der Waals surface area contributed by atoms with Gasteiger partial charge in [-0.1, -0.05) is 49.4 Å². The number of para-hydroxylation sites is 1. The fourth-order valence-corrected chi connectivity index (χ4v) is 2.89. The lowest BCUT2D eigenvalue weighted by atomic mass is 10.0. The number of benzene rings is 2. The number of aromatic nitrogens is 1. The van der Waals surface area contributed by atoms with E-state index in [0.29, 0.717) is 5.92 Å². The van der Waals surface area contributed by atoms with Crippen LogP contribution in [0.4, 0.5) is 10.8 Å². The molecule has 96 valence electrons. The first-order valence-electron chi connectivity index (χ1n) is 6.45. The number of hydrogen-bond donors (Lipinski definition) is 1. The van der Waals surface area contributed by atoms with Gasteiger partial charge in [0.2, 0.25) is 0 Å². The Balaban J connectivity index is 1.84. The van der Waals surface area contributed by atoms with Crippen molar-refractivity contribution in [3.8, 4) is 0 Å². The molecule has 1 N–H and O–H groups in total. The van der Waals surface area contributed by atoms with Crippen molar-refractivity contribution in [2.24, 2.45) is 0 Å².